The number of carbonyl (C=O) groups excluding carboxylic acids is 2. The number of hydrogen-bond donors (Lipinski definition) is 3. The second-order valence-corrected chi connectivity index (χ2v) is 5.81. The molecule has 1 saturated carbocycles. The van der Waals surface area contributed by atoms with E-state index in [9.17, 15) is 14.7 Å². The Kier molecular flexibility index (Phi) is 5.75. The largest absolute Gasteiger partial charge is 0.506 e. The summed E-state index contributed by atoms with van der Waals surface area (Å²) in [4.78, 5) is 27.8. The highest BCUT2D eigenvalue weighted by Crippen LogP contribution is 2.17. The molecule has 0 radical (unpaired) electrons. The summed E-state index contributed by atoms with van der Waals surface area (Å²) in [6, 6.07) is 2.73. The number of nitrogens with one attached hydrogen (secondary N) is 2. The van der Waals surface area contributed by atoms with Crippen LogP contribution in [-0.4, -0.2) is 34.0 Å². The average Bonchev–Trinajstić information content (AvgIpc) is 2.49. The van der Waals surface area contributed by atoms with E-state index in [4.69, 9.17) is 0 Å². The first-order valence-corrected chi connectivity index (χ1v) is 7.76. The van der Waals surface area contributed by atoms with Crippen LogP contribution in [0.15, 0.2) is 18.3 Å². The highest BCUT2D eigenvalue weighted by atomic mass is 16.3. The lowest BCUT2D eigenvalue weighted by Crippen LogP contribution is -2.50. The first kappa shape index (κ1) is 16.3. The van der Waals surface area contributed by atoms with E-state index in [-0.39, 0.29) is 23.6 Å². The third-order valence-electron chi connectivity index (χ3n) is 3.87. The van der Waals surface area contributed by atoms with Gasteiger partial charge in [-0.1, -0.05) is 19.3 Å². The van der Waals surface area contributed by atoms with E-state index in [0.717, 1.165) is 25.7 Å². The van der Waals surface area contributed by atoms with Crippen LogP contribution >= 0.6 is 0 Å². The molecule has 1 aliphatic rings. The third-order valence-corrected chi connectivity index (χ3v) is 3.87. The molecule has 6 heteroatoms. The lowest BCUT2D eigenvalue weighted by Gasteiger charge is -2.25. The summed E-state index contributed by atoms with van der Waals surface area (Å²) in [5.41, 5.74) is 0.648. The van der Waals surface area contributed by atoms with Gasteiger partial charge in [0.25, 0.3) is 0 Å². The minimum absolute atomic E-state index is 0.0754. The summed E-state index contributed by atoms with van der Waals surface area (Å²) in [6.07, 6.45) is 7.12. The molecule has 22 heavy (non-hydrogen) atoms. The minimum Gasteiger partial charge on any atom is -0.506 e. The first-order valence-electron chi connectivity index (χ1n) is 7.76. The molecule has 6 nitrogen and oxygen atoms in total. The zero-order chi connectivity index (χ0) is 15.9. The maximum Gasteiger partial charge on any atom is 0.243 e. The van der Waals surface area contributed by atoms with Crippen molar-refractivity contribution in [2.45, 2.75) is 57.5 Å². The SMILES string of the molecule is CC(=O)N[C@@H](Cc1ccc(O)cn1)C(=O)NC1CCCCC1. The van der Waals surface area contributed by atoms with Gasteiger partial charge in [0.1, 0.15) is 11.8 Å². The van der Waals surface area contributed by atoms with Gasteiger partial charge < -0.3 is 15.7 Å². The van der Waals surface area contributed by atoms with E-state index in [0.29, 0.717) is 12.1 Å². The molecule has 0 unspecified atom stereocenters. The highest BCUT2D eigenvalue weighted by Gasteiger charge is 2.24. The van der Waals surface area contributed by atoms with Crippen molar-refractivity contribution in [1.29, 1.82) is 0 Å². The van der Waals surface area contributed by atoms with E-state index in [1.54, 1.807) is 6.07 Å². The molecule has 1 heterocycles. The predicted octanol–water partition coefficient (Wildman–Crippen LogP) is 1.28. The molecular weight excluding hydrogens is 282 g/mol. The second-order valence-electron chi connectivity index (χ2n) is 5.81. The molecular formula is C16H23N3O3. The summed E-state index contributed by atoms with van der Waals surface area (Å²) in [7, 11) is 0. The molecule has 0 aliphatic heterocycles. The Bertz CT molecular complexity index is 510. The van der Waals surface area contributed by atoms with Crippen molar-refractivity contribution in [2.75, 3.05) is 0 Å². The van der Waals surface area contributed by atoms with Crippen molar-refractivity contribution in [3.05, 3.63) is 24.0 Å². The summed E-state index contributed by atoms with van der Waals surface area (Å²) >= 11 is 0. The number of aromatic hydroxyl groups is 1. The molecule has 0 saturated heterocycles. The Hall–Kier alpha value is -2.11. The normalized spacial score (nSPS) is 16.8. The Morgan fingerprint density at radius 3 is 2.64 bits per heavy atom. The van der Waals surface area contributed by atoms with Gasteiger partial charge in [-0.05, 0) is 25.0 Å². The van der Waals surface area contributed by atoms with Gasteiger partial charge in [0.15, 0.2) is 0 Å². The van der Waals surface area contributed by atoms with Gasteiger partial charge in [0, 0.05) is 25.1 Å². The Morgan fingerprint density at radius 2 is 2.05 bits per heavy atom. The molecule has 1 aromatic heterocycles. The van der Waals surface area contributed by atoms with Gasteiger partial charge >= 0.3 is 0 Å². The fraction of sp³-hybridized carbons (Fsp3) is 0.562. The fourth-order valence-electron chi connectivity index (χ4n) is 2.75. The number of carbonyl (C=O) groups is 2. The molecule has 1 fully saturated rings. The zero-order valence-electron chi connectivity index (χ0n) is 12.8. The molecule has 1 aromatic rings. The van der Waals surface area contributed by atoms with Crippen LogP contribution in [-0.2, 0) is 16.0 Å². The van der Waals surface area contributed by atoms with Gasteiger partial charge in [-0.15, -0.1) is 0 Å². The van der Waals surface area contributed by atoms with Crippen molar-refractivity contribution in [3.8, 4) is 5.75 Å². The monoisotopic (exact) mass is 305 g/mol. The molecule has 1 aliphatic carbocycles. The van der Waals surface area contributed by atoms with E-state index < -0.39 is 6.04 Å². The summed E-state index contributed by atoms with van der Waals surface area (Å²) in [6.45, 7) is 1.39. The quantitative estimate of drug-likeness (QED) is 0.764. The summed E-state index contributed by atoms with van der Waals surface area (Å²) in [5, 5.41) is 15.0. The topological polar surface area (TPSA) is 91.3 Å². The molecule has 0 aromatic carbocycles. The lowest BCUT2D eigenvalue weighted by atomic mass is 9.95. The molecule has 1 atom stereocenters. The molecule has 0 bridgehead atoms. The number of rotatable bonds is 5. The van der Waals surface area contributed by atoms with Crippen molar-refractivity contribution >= 4 is 11.8 Å². The molecule has 120 valence electrons. The predicted molar refractivity (Wildman–Crippen MR) is 82.2 cm³/mol. The highest BCUT2D eigenvalue weighted by molar-refractivity contribution is 5.87. The average molecular weight is 305 g/mol. The van der Waals surface area contributed by atoms with Crippen LogP contribution in [0.2, 0.25) is 0 Å². The lowest BCUT2D eigenvalue weighted by molar-refractivity contribution is -0.128. The van der Waals surface area contributed by atoms with Crippen LogP contribution in [0.3, 0.4) is 0 Å². The van der Waals surface area contributed by atoms with Crippen molar-refractivity contribution in [2.24, 2.45) is 0 Å². The number of aromatic nitrogens is 1. The van der Waals surface area contributed by atoms with E-state index in [1.165, 1.54) is 25.6 Å². The van der Waals surface area contributed by atoms with Crippen molar-refractivity contribution in [1.82, 2.24) is 15.6 Å². The maximum atomic E-state index is 12.4. The zero-order valence-corrected chi connectivity index (χ0v) is 12.8. The van der Waals surface area contributed by atoms with Crippen molar-refractivity contribution < 1.29 is 14.7 Å². The first-order chi connectivity index (χ1) is 10.5. The number of amides is 2. The number of hydrogen-bond acceptors (Lipinski definition) is 4. The third kappa shape index (κ3) is 5.02. The van der Waals surface area contributed by atoms with Crippen LogP contribution in [0.1, 0.15) is 44.7 Å². The Morgan fingerprint density at radius 1 is 1.32 bits per heavy atom. The Balaban J connectivity index is 1.99. The van der Waals surface area contributed by atoms with Gasteiger partial charge in [-0.3, -0.25) is 14.6 Å². The molecule has 0 spiro atoms. The van der Waals surface area contributed by atoms with Crippen LogP contribution in [0.4, 0.5) is 0 Å². The van der Waals surface area contributed by atoms with Crippen LogP contribution in [0, 0.1) is 0 Å². The molecule has 3 N–H and O–H groups in total. The van der Waals surface area contributed by atoms with Crippen LogP contribution in [0.25, 0.3) is 0 Å². The van der Waals surface area contributed by atoms with E-state index in [2.05, 4.69) is 15.6 Å². The smallest absolute Gasteiger partial charge is 0.243 e. The number of nitrogens with zero attached hydrogens (tertiary/aromatic N) is 1. The fourth-order valence-corrected chi connectivity index (χ4v) is 2.75. The minimum atomic E-state index is -0.642. The standard InChI is InChI=1S/C16H23N3O3/c1-11(20)18-15(9-13-7-8-14(21)10-17-13)16(22)19-12-5-3-2-4-6-12/h7-8,10,12,15,21H,2-6,9H2,1H3,(H,18,20)(H,19,22)/t15-/m0/s1. The number of pyridine rings is 1. The van der Waals surface area contributed by atoms with Gasteiger partial charge in [0.05, 0.1) is 6.20 Å². The summed E-state index contributed by atoms with van der Waals surface area (Å²) < 4.78 is 0. The van der Waals surface area contributed by atoms with Crippen LogP contribution < -0.4 is 10.6 Å². The van der Waals surface area contributed by atoms with Gasteiger partial charge in [-0.2, -0.15) is 0 Å². The van der Waals surface area contributed by atoms with Crippen LogP contribution in [0.5, 0.6) is 5.75 Å². The van der Waals surface area contributed by atoms with Gasteiger partial charge in [-0.25, -0.2) is 0 Å². The molecule has 2 rings (SSSR count). The van der Waals surface area contributed by atoms with E-state index >= 15 is 0 Å². The maximum absolute atomic E-state index is 12.4. The Labute approximate surface area is 130 Å². The van der Waals surface area contributed by atoms with E-state index in [1.807, 2.05) is 0 Å². The second kappa shape index (κ2) is 7.77. The molecule has 2 amide bonds. The van der Waals surface area contributed by atoms with Gasteiger partial charge in [0.2, 0.25) is 11.8 Å². The summed E-state index contributed by atoms with van der Waals surface area (Å²) in [5.74, 6) is -0.342. The van der Waals surface area contributed by atoms with Crippen molar-refractivity contribution in [3.63, 3.8) is 0 Å².